The first kappa shape index (κ1) is 22.5. The Morgan fingerprint density at radius 3 is 2.38 bits per heavy atom. The fourth-order valence-corrected chi connectivity index (χ4v) is 2.93. The summed E-state index contributed by atoms with van der Waals surface area (Å²) in [5, 5.41) is 3.71. The van der Waals surface area contributed by atoms with Crippen LogP contribution in [0.1, 0.15) is 39.1 Å². The molecule has 0 radical (unpaired) electrons. The number of rotatable bonds is 6. The van der Waals surface area contributed by atoms with Crippen LogP contribution in [-0.2, 0) is 23.9 Å². The minimum absolute atomic E-state index is 0.104. The topological polar surface area (TPSA) is 131 Å². The largest absolute Gasteiger partial charge is 0.465 e. The molecule has 0 saturated carbocycles. The Labute approximate surface area is 183 Å². The molecular formula is C22H21N3O7. The first-order chi connectivity index (χ1) is 15.3. The van der Waals surface area contributed by atoms with E-state index in [-0.39, 0.29) is 35.8 Å². The highest BCUT2D eigenvalue weighted by molar-refractivity contribution is 6.02. The lowest BCUT2D eigenvalue weighted by molar-refractivity contribution is -0.130. The van der Waals surface area contributed by atoms with E-state index >= 15 is 0 Å². The van der Waals surface area contributed by atoms with E-state index in [0.717, 1.165) is 5.01 Å². The lowest BCUT2D eigenvalue weighted by atomic mass is 10.1. The summed E-state index contributed by atoms with van der Waals surface area (Å²) in [6.07, 6.45) is 0.237. The minimum atomic E-state index is -0.735. The van der Waals surface area contributed by atoms with Gasteiger partial charge in [0.25, 0.3) is 5.91 Å². The fraction of sp³-hybridized carbons (Fsp3) is 0.227. The van der Waals surface area contributed by atoms with Gasteiger partial charge in [0.15, 0.2) is 6.61 Å². The van der Waals surface area contributed by atoms with Gasteiger partial charge in [0, 0.05) is 18.5 Å². The van der Waals surface area contributed by atoms with Crippen LogP contribution in [0.2, 0.25) is 0 Å². The van der Waals surface area contributed by atoms with Crippen LogP contribution < -0.4 is 15.8 Å². The zero-order valence-electron chi connectivity index (χ0n) is 17.5. The summed E-state index contributed by atoms with van der Waals surface area (Å²) >= 11 is 0. The molecule has 0 bridgehead atoms. The predicted octanol–water partition coefficient (Wildman–Crippen LogP) is 1.74. The molecule has 0 aliphatic carbocycles. The van der Waals surface area contributed by atoms with E-state index in [1.165, 1.54) is 37.4 Å². The van der Waals surface area contributed by atoms with Gasteiger partial charge in [-0.15, -0.1) is 0 Å². The standard InChI is InChI=1S/C22H21N3O7/c1-13-3-4-15(21(29)31-2)11-17(13)23-19(27)12-32-22(30)14-5-7-16(8-6-14)25-20(28)10-9-18(26)24-25/h3-8,11H,9-10,12H2,1-2H3,(H,23,27)(H,24,26). The Kier molecular flexibility index (Phi) is 6.83. The number of ether oxygens (including phenoxy) is 2. The smallest absolute Gasteiger partial charge is 0.338 e. The number of benzene rings is 2. The molecule has 0 aromatic heterocycles. The first-order valence-electron chi connectivity index (χ1n) is 9.67. The van der Waals surface area contributed by atoms with Crippen molar-refractivity contribution in [3.8, 4) is 0 Å². The molecule has 3 amide bonds. The maximum atomic E-state index is 12.2. The van der Waals surface area contributed by atoms with E-state index in [0.29, 0.717) is 16.9 Å². The maximum Gasteiger partial charge on any atom is 0.338 e. The van der Waals surface area contributed by atoms with Crippen LogP contribution in [0.25, 0.3) is 0 Å². The summed E-state index contributed by atoms with van der Waals surface area (Å²) < 4.78 is 9.69. The molecule has 0 spiro atoms. The van der Waals surface area contributed by atoms with Crippen molar-refractivity contribution < 1.29 is 33.4 Å². The second-order valence-corrected chi connectivity index (χ2v) is 6.96. The number of anilines is 2. The molecule has 1 saturated heterocycles. The van der Waals surface area contributed by atoms with Crippen molar-refractivity contribution in [2.24, 2.45) is 0 Å². The van der Waals surface area contributed by atoms with E-state index in [4.69, 9.17) is 4.74 Å². The highest BCUT2D eigenvalue weighted by atomic mass is 16.5. The molecule has 2 aromatic rings. The number of nitrogens with zero attached hydrogens (tertiary/aromatic N) is 1. The van der Waals surface area contributed by atoms with Gasteiger partial charge in [-0.25, -0.2) is 14.6 Å². The summed E-state index contributed by atoms with van der Waals surface area (Å²) in [5.74, 6) is -2.39. The van der Waals surface area contributed by atoms with Crippen LogP contribution in [-0.4, -0.2) is 43.4 Å². The van der Waals surface area contributed by atoms with E-state index in [1.807, 2.05) is 0 Å². The number of carbonyl (C=O) groups is 5. The van der Waals surface area contributed by atoms with Crippen LogP contribution >= 0.6 is 0 Å². The molecule has 2 aromatic carbocycles. The zero-order chi connectivity index (χ0) is 23.3. The number of amides is 3. The van der Waals surface area contributed by atoms with Gasteiger partial charge < -0.3 is 14.8 Å². The number of hydrogen-bond acceptors (Lipinski definition) is 7. The highest BCUT2D eigenvalue weighted by Crippen LogP contribution is 2.19. The molecule has 2 N–H and O–H groups in total. The average molecular weight is 439 g/mol. The van der Waals surface area contributed by atoms with E-state index in [1.54, 1.807) is 19.1 Å². The molecule has 166 valence electrons. The number of carbonyl (C=O) groups excluding carboxylic acids is 5. The number of hydrazine groups is 1. The third-order valence-corrected chi connectivity index (χ3v) is 4.68. The van der Waals surface area contributed by atoms with E-state index in [2.05, 4.69) is 15.5 Å². The SMILES string of the molecule is COC(=O)c1ccc(C)c(NC(=O)COC(=O)c2ccc(N3NC(=O)CCC3=O)cc2)c1. The predicted molar refractivity (Wildman–Crippen MR) is 113 cm³/mol. The molecule has 10 heteroatoms. The first-order valence-corrected chi connectivity index (χ1v) is 9.67. The zero-order valence-corrected chi connectivity index (χ0v) is 17.5. The number of hydrogen-bond donors (Lipinski definition) is 2. The quantitative estimate of drug-likeness (QED) is 0.656. The van der Waals surface area contributed by atoms with Gasteiger partial charge >= 0.3 is 11.9 Å². The molecule has 1 fully saturated rings. The number of nitrogens with one attached hydrogen (secondary N) is 2. The van der Waals surface area contributed by atoms with Gasteiger partial charge in [-0.2, -0.15) is 0 Å². The number of esters is 2. The van der Waals surface area contributed by atoms with Gasteiger partial charge in [0.2, 0.25) is 11.8 Å². The second-order valence-electron chi connectivity index (χ2n) is 6.96. The molecule has 1 aliphatic rings. The van der Waals surface area contributed by atoms with Crippen molar-refractivity contribution in [1.29, 1.82) is 0 Å². The molecule has 0 atom stereocenters. The lowest BCUT2D eigenvalue weighted by Crippen LogP contribution is -2.50. The van der Waals surface area contributed by atoms with Crippen molar-refractivity contribution in [3.63, 3.8) is 0 Å². The summed E-state index contributed by atoms with van der Waals surface area (Å²) in [6, 6.07) is 10.5. The Balaban J connectivity index is 1.57. The third kappa shape index (κ3) is 5.28. The Bertz CT molecular complexity index is 1080. The lowest BCUT2D eigenvalue weighted by Gasteiger charge is -2.27. The summed E-state index contributed by atoms with van der Waals surface area (Å²) in [4.78, 5) is 59.5. The van der Waals surface area contributed by atoms with Gasteiger partial charge in [-0.05, 0) is 48.9 Å². The summed E-state index contributed by atoms with van der Waals surface area (Å²) in [7, 11) is 1.26. The molecule has 1 aliphatic heterocycles. The van der Waals surface area contributed by atoms with Crippen LogP contribution in [0.3, 0.4) is 0 Å². The molecule has 1 heterocycles. The Hall–Kier alpha value is -4.21. The van der Waals surface area contributed by atoms with Gasteiger partial charge in [-0.1, -0.05) is 6.07 Å². The molecule has 32 heavy (non-hydrogen) atoms. The van der Waals surface area contributed by atoms with Crippen LogP contribution in [0.4, 0.5) is 11.4 Å². The van der Waals surface area contributed by atoms with Gasteiger partial charge in [0.05, 0.1) is 23.9 Å². The van der Waals surface area contributed by atoms with Crippen LogP contribution in [0, 0.1) is 6.92 Å². The monoisotopic (exact) mass is 439 g/mol. The minimum Gasteiger partial charge on any atom is -0.465 e. The van der Waals surface area contributed by atoms with Crippen molar-refractivity contribution in [2.45, 2.75) is 19.8 Å². The number of aryl methyl sites for hydroxylation is 1. The molecule has 10 nitrogen and oxygen atoms in total. The molecule has 3 rings (SSSR count). The van der Waals surface area contributed by atoms with Gasteiger partial charge in [-0.3, -0.25) is 19.8 Å². The second kappa shape index (κ2) is 9.73. The summed E-state index contributed by atoms with van der Waals surface area (Å²) in [5.41, 5.74) is 4.41. The van der Waals surface area contributed by atoms with Crippen molar-refractivity contribution in [3.05, 3.63) is 59.2 Å². The van der Waals surface area contributed by atoms with Crippen LogP contribution in [0.5, 0.6) is 0 Å². The number of methoxy groups -OCH3 is 1. The normalized spacial score (nSPS) is 13.2. The fourth-order valence-electron chi connectivity index (χ4n) is 2.93. The van der Waals surface area contributed by atoms with E-state index in [9.17, 15) is 24.0 Å². The average Bonchev–Trinajstić information content (AvgIpc) is 2.80. The maximum absolute atomic E-state index is 12.2. The van der Waals surface area contributed by atoms with Crippen molar-refractivity contribution in [2.75, 3.05) is 24.0 Å². The van der Waals surface area contributed by atoms with Crippen molar-refractivity contribution in [1.82, 2.24) is 5.43 Å². The van der Waals surface area contributed by atoms with E-state index < -0.39 is 24.5 Å². The Morgan fingerprint density at radius 2 is 1.69 bits per heavy atom. The van der Waals surface area contributed by atoms with Crippen LogP contribution in [0.15, 0.2) is 42.5 Å². The van der Waals surface area contributed by atoms with Crippen molar-refractivity contribution >= 4 is 41.0 Å². The summed E-state index contributed by atoms with van der Waals surface area (Å²) in [6.45, 7) is 1.21. The van der Waals surface area contributed by atoms with Gasteiger partial charge in [0.1, 0.15) is 0 Å². The Morgan fingerprint density at radius 1 is 1.00 bits per heavy atom. The third-order valence-electron chi connectivity index (χ3n) is 4.68. The molecular weight excluding hydrogens is 418 g/mol. The highest BCUT2D eigenvalue weighted by Gasteiger charge is 2.24. The molecule has 0 unspecified atom stereocenters.